The monoisotopic (exact) mass is 236 g/mol. The number of halogens is 1. The molecule has 4 nitrogen and oxygen atoms in total. The van der Waals surface area contributed by atoms with E-state index in [1.165, 1.54) is 17.0 Å². The van der Waals surface area contributed by atoms with Crippen molar-refractivity contribution in [2.24, 2.45) is 0 Å². The summed E-state index contributed by atoms with van der Waals surface area (Å²) in [6.07, 6.45) is 0. The summed E-state index contributed by atoms with van der Waals surface area (Å²) in [5.41, 5.74) is 1.14. The number of carbonyl (C=O) groups excluding carboxylic acids is 2. The normalized spacial score (nSPS) is 20.4. The summed E-state index contributed by atoms with van der Waals surface area (Å²) in [5, 5.41) is 2.53. The van der Waals surface area contributed by atoms with Crippen LogP contribution in [-0.2, 0) is 9.59 Å². The molecule has 1 aliphatic rings. The fourth-order valence-corrected chi connectivity index (χ4v) is 1.90. The highest BCUT2D eigenvalue weighted by atomic mass is 19.1. The molecule has 5 heteroatoms. The number of aryl methyl sites for hydroxylation is 1. The third-order valence-electron chi connectivity index (χ3n) is 2.65. The standard InChI is InChI=1S/C12H13FN2O2/c1-7-3-9(13)5-10(4-7)15-6-11(16)14-8(2)12(15)17/h3-5,8H,6H2,1-2H3,(H,14,16). The molecule has 1 N–H and O–H groups in total. The van der Waals surface area contributed by atoms with Gasteiger partial charge in [-0.25, -0.2) is 4.39 Å². The molecule has 0 aliphatic carbocycles. The molecule has 90 valence electrons. The first-order valence-electron chi connectivity index (χ1n) is 5.35. The van der Waals surface area contributed by atoms with Crippen LogP contribution in [0.4, 0.5) is 10.1 Å². The van der Waals surface area contributed by atoms with E-state index in [1.807, 2.05) is 0 Å². The van der Waals surface area contributed by atoms with Crippen LogP contribution < -0.4 is 10.2 Å². The van der Waals surface area contributed by atoms with Gasteiger partial charge in [-0.05, 0) is 37.6 Å². The zero-order valence-electron chi connectivity index (χ0n) is 9.66. The minimum Gasteiger partial charge on any atom is -0.343 e. The number of hydrogen-bond acceptors (Lipinski definition) is 2. The Labute approximate surface area is 98.4 Å². The number of amides is 2. The maximum absolute atomic E-state index is 13.3. The van der Waals surface area contributed by atoms with Crippen LogP contribution in [-0.4, -0.2) is 24.4 Å². The lowest BCUT2D eigenvalue weighted by molar-refractivity contribution is -0.130. The van der Waals surface area contributed by atoms with Gasteiger partial charge in [0, 0.05) is 5.69 Å². The number of benzene rings is 1. The predicted octanol–water partition coefficient (Wildman–Crippen LogP) is 0.985. The Kier molecular flexibility index (Phi) is 2.83. The van der Waals surface area contributed by atoms with Gasteiger partial charge in [0.05, 0.1) is 0 Å². The van der Waals surface area contributed by atoms with E-state index < -0.39 is 11.9 Å². The summed E-state index contributed by atoms with van der Waals surface area (Å²) in [6, 6.07) is 3.75. The number of nitrogens with one attached hydrogen (secondary N) is 1. The topological polar surface area (TPSA) is 49.4 Å². The van der Waals surface area contributed by atoms with Crippen LogP contribution in [0.2, 0.25) is 0 Å². The molecule has 0 aromatic heterocycles. The molecule has 2 rings (SSSR count). The van der Waals surface area contributed by atoms with E-state index in [4.69, 9.17) is 0 Å². The summed E-state index contributed by atoms with van der Waals surface area (Å²) in [6.45, 7) is 3.29. The Hall–Kier alpha value is -1.91. The van der Waals surface area contributed by atoms with E-state index in [1.54, 1.807) is 19.9 Å². The number of carbonyl (C=O) groups is 2. The number of anilines is 1. The average Bonchev–Trinajstić information content (AvgIpc) is 2.22. The highest BCUT2D eigenvalue weighted by Crippen LogP contribution is 2.20. The van der Waals surface area contributed by atoms with Crippen LogP contribution >= 0.6 is 0 Å². The molecule has 1 atom stereocenters. The lowest BCUT2D eigenvalue weighted by Crippen LogP contribution is -2.57. The van der Waals surface area contributed by atoms with Crippen LogP contribution in [0.3, 0.4) is 0 Å². The average molecular weight is 236 g/mol. The second-order valence-corrected chi connectivity index (χ2v) is 4.20. The predicted molar refractivity (Wildman–Crippen MR) is 61.1 cm³/mol. The minimum atomic E-state index is -0.570. The Morgan fingerprint density at radius 2 is 2.06 bits per heavy atom. The molecule has 0 radical (unpaired) electrons. The fourth-order valence-electron chi connectivity index (χ4n) is 1.90. The third kappa shape index (κ3) is 2.27. The van der Waals surface area contributed by atoms with Gasteiger partial charge in [0.25, 0.3) is 0 Å². The van der Waals surface area contributed by atoms with Gasteiger partial charge in [0.1, 0.15) is 18.4 Å². The molecule has 0 bridgehead atoms. The first-order valence-corrected chi connectivity index (χ1v) is 5.35. The molecule has 17 heavy (non-hydrogen) atoms. The first-order chi connectivity index (χ1) is 7.97. The van der Waals surface area contributed by atoms with E-state index in [0.717, 1.165) is 0 Å². The molecule has 1 aliphatic heterocycles. The Morgan fingerprint density at radius 3 is 2.71 bits per heavy atom. The number of piperazine rings is 1. The van der Waals surface area contributed by atoms with Gasteiger partial charge in [0.2, 0.25) is 11.8 Å². The SMILES string of the molecule is Cc1cc(F)cc(N2CC(=O)NC(C)C2=O)c1. The van der Waals surface area contributed by atoms with Crippen LogP contribution in [0, 0.1) is 12.7 Å². The molecule has 0 saturated carbocycles. The second-order valence-electron chi connectivity index (χ2n) is 4.20. The molecular weight excluding hydrogens is 223 g/mol. The van der Waals surface area contributed by atoms with Crippen LogP contribution in [0.25, 0.3) is 0 Å². The molecule has 1 heterocycles. The van der Waals surface area contributed by atoms with Crippen LogP contribution in [0.5, 0.6) is 0 Å². The van der Waals surface area contributed by atoms with Crippen molar-refractivity contribution < 1.29 is 14.0 Å². The van der Waals surface area contributed by atoms with Crippen molar-refractivity contribution in [3.05, 3.63) is 29.6 Å². The molecular formula is C12H13FN2O2. The first kappa shape index (κ1) is 11.6. The van der Waals surface area contributed by atoms with Crippen molar-refractivity contribution in [3.63, 3.8) is 0 Å². The molecule has 2 amide bonds. The number of nitrogens with zero attached hydrogens (tertiary/aromatic N) is 1. The summed E-state index contributed by atoms with van der Waals surface area (Å²) < 4.78 is 13.3. The van der Waals surface area contributed by atoms with Crippen molar-refractivity contribution in [2.75, 3.05) is 11.4 Å². The van der Waals surface area contributed by atoms with E-state index in [0.29, 0.717) is 11.3 Å². The largest absolute Gasteiger partial charge is 0.343 e. The molecule has 1 unspecified atom stereocenters. The zero-order chi connectivity index (χ0) is 12.6. The van der Waals surface area contributed by atoms with Gasteiger partial charge >= 0.3 is 0 Å². The van der Waals surface area contributed by atoms with Crippen LogP contribution in [0.15, 0.2) is 18.2 Å². The maximum atomic E-state index is 13.3. The van der Waals surface area contributed by atoms with Crippen molar-refractivity contribution in [2.45, 2.75) is 19.9 Å². The molecule has 1 aromatic carbocycles. The lowest BCUT2D eigenvalue weighted by Gasteiger charge is -2.31. The highest BCUT2D eigenvalue weighted by molar-refractivity contribution is 6.06. The molecule has 0 spiro atoms. The van der Waals surface area contributed by atoms with Crippen LogP contribution in [0.1, 0.15) is 12.5 Å². The van der Waals surface area contributed by atoms with Crippen molar-refractivity contribution in [3.8, 4) is 0 Å². The third-order valence-corrected chi connectivity index (χ3v) is 2.65. The molecule has 1 aromatic rings. The van der Waals surface area contributed by atoms with Gasteiger partial charge in [-0.1, -0.05) is 0 Å². The lowest BCUT2D eigenvalue weighted by atomic mass is 10.1. The van der Waals surface area contributed by atoms with E-state index in [9.17, 15) is 14.0 Å². The summed E-state index contributed by atoms with van der Waals surface area (Å²) in [4.78, 5) is 24.6. The highest BCUT2D eigenvalue weighted by Gasteiger charge is 2.30. The smallest absolute Gasteiger partial charge is 0.249 e. The summed E-state index contributed by atoms with van der Waals surface area (Å²) >= 11 is 0. The Bertz CT molecular complexity index is 467. The van der Waals surface area contributed by atoms with Gasteiger partial charge in [-0.15, -0.1) is 0 Å². The van der Waals surface area contributed by atoms with E-state index >= 15 is 0 Å². The number of hydrogen-bond donors (Lipinski definition) is 1. The maximum Gasteiger partial charge on any atom is 0.249 e. The second kappa shape index (κ2) is 4.16. The number of rotatable bonds is 1. The summed E-state index contributed by atoms with van der Waals surface area (Å²) in [5.74, 6) is -0.875. The summed E-state index contributed by atoms with van der Waals surface area (Å²) in [7, 11) is 0. The van der Waals surface area contributed by atoms with Gasteiger partial charge in [-0.2, -0.15) is 0 Å². The minimum absolute atomic E-state index is 0.0634. The quantitative estimate of drug-likeness (QED) is 0.790. The van der Waals surface area contributed by atoms with Crippen molar-refractivity contribution in [1.29, 1.82) is 0 Å². The van der Waals surface area contributed by atoms with E-state index in [2.05, 4.69) is 5.32 Å². The van der Waals surface area contributed by atoms with Gasteiger partial charge in [-0.3, -0.25) is 9.59 Å². The fraction of sp³-hybridized carbons (Fsp3) is 0.333. The Morgan fingerprint density at radius 1 is 1.35 bits per heavy atom. The molecule has 1 saturated heterocycles. The zero-order valence-corrected chi connectivity index (χ0v) is 9.66. The van der Waals surface area contributed by atoms with Gasteiger partial charge in [0.15, 0.2) is 0 Å². The van der Waals surface area contributed by atoms with Gasteiger partial charge < -0.3 is 10.2 Å². The van der Waals surface area contributed by atoms with Crippen molar-refractivity contribution >= 4 is 17.5 Å². The Balaban J connectivity index is 2.37. The van der Waals surface area contributed by atoms with E-state index in [-0.39, 0.29) is 18.4 Å². The molecule has 1 fully saturated rings. The van der Waals surface area contributed by atoms with Crippen molar-refractivity contribution in [1.82, 2.24) is 5.32 Å².